The standard InChI is InChI=1S/C10H11NO2.ClH/c11-8-1-6-3-9-10(13-5-12-9)4-7(6)2-8;/h3-4,8H,1-2,5,11H2;1H/i1D2,8D;. The van der Waals surface area contributed by atoms with Crippen LogP contribution in [-0.2, 0) is 12.8 Å². The van der Waals surface area contributed by atoms with E-state index in [4.69, 9.17) is 19.3 Å². The molecule has 4 heteroatoms. The van der Waals surface area contributed by atoms with Crippen molar-refractivity contribution in [2.45, 2.75) is 18.8 Å². The summed E-state index contributed by atoms with van der Waals surface area (Å²) in [6, 6.07) is 1.70. The van der Waals surface area contributed by atoms with E-state index in [9.17, 15) is 0 Å². The summed E-state index contributed by atoms with van der Waals surface area (Å²) in [6.07, 6.45) is -1.67. The van der Waals surface area contributed by atoms with Crippen LogP contribution >= 0.6 is 12.4 Å². The largest absolute Gasteiger partial charge is 0.454 e. The molecule has 0 radical (unpaired) electrons. The first-order chi connectivity index (χ1) is 7.42. The van der Waals surface area contributed by atoms with Gasteiger partial charge in [0.1, 0.15) is 0 Å². The summed E-state index contributed by atoms with van der Waals surface area (Å²) >= 11 is 0. The van der Waals surface area contributed by atoms with Crippen molar-refractivity contribution in [3.8, 4) is 11.5 Å². The van der Waals surface area contributed by atoms with Gasteiger partial charge in [0, 0.05) is 10.1 Å². The highest BCUT2D eigenvalue weighted by Crippen LogP contribution is 2.37. The second-order valence-electron chi connectivity index (χ2n) is 3.19. The molecule has 1 unspecified atom stereocenters. The third kappa shape index (κ3) is 1.33. The van der Waals surface area contributed by atoms with Crippen molar-refractivity contribution in [1.82, 2.24) is 0 Å². The zero-order chi connectivity index (χ0) is 11.6. The Morgan fingerprint density at radius 3 is 2.71 bits per heavy atom. The molecule has 0 bridgehead atoms. The van der Waals surface area contributed by atoms with Crippen LogP contribution in [0.3, 0.4) is 0 Å². The average molecular weight is 217 g/mol. The lowest BCUT2D eigenvalue weighted by molar-refractivity contribution is 0.174. The summed E-state index contributed by atoms with van der Waals surface area (Å²) in [5.74, 6) is 1.13. The maximum Gasteiger partial charge on any atom is 0.231 e. The van der Waals surface area contributed by atoms with E-state index >= 15 is 0 Å². The molecular formula is C10H12ClNO2. The molecule has 1 atom stereocenters. The van der Waals surface area contributed by atoms with Crippen molar-refractivity contribution >= 4 is 12.4 Å². The van der Waals surface area contributed by atoms with Gasteiger partial charge in [0.05, 0.1) is 0 Å². The molecule has 3 rings (SSSR count). The fourth-order valence-corrected chi connectivity index (χ4v) is 1.67. The number of rotatable bonds is 0. The van der Waals surface area contributed by atoms with Crippen LogP contribution in [0.25, 0.3) is 0 Å². The highest BCUT2D eigenvalue weighted by atomic mass is 35.5. The SMILES string of the molecule is Cl.[2H]C1(N)Cc2cc3c(cc2C1([2H])[2H])OCO3. The number of hydrogen-bond donors (Lipinski definition) is 1. The molecule has 2 aliphatic rings. The highest BCUT2D eigenvalue weighted by molar-refractivity contribution is 5.85. The lowest BCUT2D eigenvalue weighted by Crippen LogP contribution is -2.19. The van der Waals surface area contributed by atoms with Gasteiger partial charge >= 0.3 is 0 Å². The molecule has 1 aromatic rings. The van der Waals surface area contributed by atoms with Gasteiger partial charge in [-0.1, -0.05) is 0 Å². The summed E-state index contributed by atoms with van der Waals surface area (Å²) < 4.78 is 34.0. The van der Waals surface area contributed by atoms with E-state index in [-0.39, 0.29) is 25.6 Å². The fourth-order valence-electron chi connectivity index (χ4n) is 1.67. The molecule has 0 amide bonds. The molecular weight excluding hydrogens is 202 g/mol. The average Bonchev–Trinajstić information content (AvgIpc) is 2.67. The van der Waals surface area contributed by atoms with E-state index in [0.717, 1.165) is 5.56 Å². The van der Waals surface area contributed by atoms with Crippen molar-refractivity contribution in [3.05, 3.63) is 23.3 Å². The fraction of sp³-hybridized carbons (Fsp3) is 0.400. The normalized spacial score (nSPS) is 33.6. The molecule has 1 heterocycles. The van der Waals surface area contributed by atoms with Crippen molar-refractivity contribution in [3.63, 3.8) is 0 Å². The second-order valence-corrected chi connectivity index (χ2v) is 3.19. The molecule has 76 valence electrons. The van der Waals surface area contributed by atoms with Gasteiger partial charge in [-0.05, 0) is 36.1 Å². The summed E-state index contributed by atoms with van der Waals surface area (Å²) in [4.78, 5) is 0. The quantitative estimate of drug-likeness (QED) is 0.710. The van der Waals surface area contributed by atoms with Crippen LogP contribution in [0.15, 0.2) is 12.1 Å². The Bertz CT molecular complexity index is 479. The smallest absolute Gasteiger partial charge is 0.231 e. The summed E-state index contributed by atoms with van der Waals surface area (Å²) in [5.41, 5.74) is 6.84. The molecule has 1 aliphatic heterocycles. The van der Waals surface area contributed by atoms with Crippen LogP contribution in [0, 0.1) is 0 Å². The molecule has 3 nitrogen and oxygen atoms in total. The minimum Gasteiger partial charge on any atom is -0.454 e. The molecule has 1 aromatic carbocycles. The minimum atomic E-state index is -1.86. The topological polar surface area (TPSA) is 44.5 Å². The first-order valence-electron chi connectivity index (χ1n) is 5.64. The van der Waals surface area contributed by atoms with Crippen molar-refractivity contribution in [2.24, 2.45) is 5.73 Å². The summed E-state index contributed by atoms with van der Waals surface area (Å²) in [7, 11) is 0. The maximum atomic E-state index is 7.89. The maximum absolute atomic E-state index is 7.89. The number of benzene rings is 1. The lowest BCUT2D eigenvalue weighted by atomic mass is 10.1. The Morgan fingerprint density at radius 2 is 2.00 bits per heavy atom. The van der Waals surface area contributed by atoms with Gasteiger partial charge in [-0.25, -0.2) is 0 Å². The Labute approximate surface area is 92.8 Å². The molecule has 0 spiro atoms. The number of hydrogen-bond acceptors (Lipinski definition) is 3. The zero-order valence-corrected chi connectivity index (χ0v) is 8.19. The Balaban J connectivity index is 0.00000108. The molecule has 0 saturated carbocycles. The number of halogens is 1. The predicted molar refractivity (Wildman–Crippen MR) is 55.2 cm³/mol. The minimum absolute atomic E-state index is 0. The van der Waals surface area contributed by atoms with Crippen LogP contribution in [0.2, 0.25) is 0 Å². The van der Waals surface area contributed by atoms with Crippen molar-refractivity contribution in [2.75, 3.05) is 6.79 Å². The van der Waals surface area contributed by atoms with Crippen LogP contribution < -0.4 is 15.2 Å². The Morgan fingerprint density at radius 1 is 1.36 bits per heavy atom. The van der Waals surface area contributed by atoms with E-state index in [2.05, 4.69) is 0 Å². The first kappa shape index (κ1) is 6.53. The molecule has 2 N–H and O–H groups in total. The van der Waals surface area contributed by atoms with E-state index in [1.807, 2.05) is 0 Å². The van der Waals surface area contributed by atoms with Gasteiger partial charge < -0.3 is 15.2 Å². The molecule has 14 heavy (non-hydrogen) atoms. The number of fused-ring (bicyclic) bond motifs is 2. The van der Waals surface area contributed by atoms with E-state index in [1.165, 1.54) is 0 Å². The van der Waals surface area contributed by atoms with Crippen LogP contribution in [0.1, 0.15) is 15.2 Å². The van der Waals surface area contributed by atoms with Gasteiger partial charge in [-0.15, -0.1) is 12.4 Å². The zero-order valence-electron chi connectivity index (χ0n) is 10.4. The third-order valence-electron chi connectivity index (χ3n) is 2.27. The molecule has 0 saturated heterocycles. The van der Waals surface area contributed by atoms with E-state index < -0.39 is 12.4 Å². The Kier molecular flexibility index (Phi) is 1.56. The van der Waals surface area contributed by atoms with Crippen LogP contribution in [0.5, 0.6) is 11.5 Å². The van der Waals surface area contributed by atoms with Crippen LogP contribution in [0.4, 0.5) is 0 Å². The molecule has 0 aromatic heterocycles. The summed E-state index contributed by atoms with van der Waals surface area (Å²) in [5, 5.41) is 0. The third-order valence-corrected chi connectivity index (χ3v) is 2.27. The number of ether oxygens (including phenoxy) is 2. The summed E-state index contributed by atoms with van der Waals surface area (Å²) in [6.45, 7) is 0.163. The van der Waals surface area contributed by atoms with Gasteiger partial charge in [0.25, 0.3) is 0 Å². The van der Waals surface area contributed by atoms with Gasteiger partial charge in [0.15, 0.2) is 11.5 Å². The van der Waals surface area contributed by atoms with Gasteiger partial charge in [-0.2, -0.15) is 0 Å². The molecule has 0 fully saturated rings. The van der Waals surface area contributed by atoms with E-state index in [1.54, 1.807) is 12.1 Å². The number of nitrogens with two attached hydrogens (primary N) is 1. The molecule has 1 aliphatic carbocycles. The van der Waals surface area contributed by atoms with E-state index in [0.29, 0.717) is 17.1 Å². The van der Waals surface area contributed by atoms with Gasteiger partial charge in [0.2, 0.25) is 6.79 Å². The predicted octanol–water partition coefficient (Wildman–Crippen LogP) is 1.26. The van der Waals surface area contributed by atoms with Gasteiger partial charge in [-0.3, -0.25) is 0 Å². The highest BCUT2D eigenvalue weighted by Gasteiger charge is 2.23. The first-order valence-corrected chi connectivity index (χ1v) is 4.14. The van der Waals surface area contributed by atoms with Crippen molar-refractivity contribution < 1.29 is 13.6 Å². The monoisotopic (exact) mass is 216 g/mol. The second kappa shape index (κ2) is 3.33. The Hall–Kier alpha value is -0.930. The van der Waals surface area contributed by atoms with Crippen molar-refractivity contribution in [1.29, 1.82) is 0 Å². The lowest BCUT2D eigenvalue weighted by Gasteiger charge is -2.00. The van der Waals surface area contributed by atoms with Crippen LogP contribution in [-0.4, -0.2) is 12.8 Å².